The second-order valence-corrected chi connectivity index (χ2v) is 14.6. The van der Waals surface area contributed by atoms with Crippen LogP contribution in [0.5, 0.6) is 0 Å². The molecule has 310 valence electrons. The van der Waals surface area contributed by atoms with Crippen molar-refractivity contribution in [3.05, 3.63) is 60.8 Å². The van der Waals surface area contributed by atoms with Gasteiger partial charge in [-0.2, -0.15) is 0 Å². The van der Waals surface area contributed by atoms with Crippen LogP contribution in [0.1, 0.15) is 71.6 Å². The molecule has 11 unspecified atom stereocenters. The van der Waals surface area contributed by atoms with Crippen molar-refractivity contribution in [2.45, 2.75) is 145 Å². The van der Waals surface area contributed by atoms with E-state index in [1.807, 2.05) is 19.9 Å². The van der Waals surface area contributed by atoms with E-state index in [0.717, 1.165) is 6.42 Å². The quantitative estimate of drug-likeness (QED) is 0.171. The number of ether oxygens (including phenoxy) is 4. The van der Waals surface area contributed by atoms with Gasteiger partial charge in [0.1, 0.15) is 23.9 Å². The first kappa shape index (κ1) is 46.3. The number of carboxylic acid groups (broad SMARTS) is 1. The van der Waals surface area contributed by atoms with Crippen LogP contribution in [0.25, 0.3) is 0 Å². The standard InChI is InChI=1S/C39H59NO15/c1-3-23(2)31-14-12-10-8-6-4-5-7-9-11-13-26(53-38-36(48)35(40)30(46)22-52-38)19-32-34(37(49)50)29(45)21-39(51,55-32)20-28(44)27(43)16-15-24(41)17-25(42)18-33(47)54-31/h4-13,23,25-32,34-36,38,42-46,48,51H,3,14-22,40H2,1-2H3,(H,49,50)/b5-4+,8-6+,9-7+,12-10+,13-11+/t23?,25?,26?,27?,28?,29?,30-,31?,32?,34?,35+,36+,38?,39?/m1/s1. The zero-order valence-corrected chi connectivity index (χ0v) is 31.4. The number of hydrogen-bond acceptors (Lipinski definition) is 15. The van der Waals surface area contributed by atoms with Gasteiger partial charge in [-0.1, -0.05) is 81.0 Å². The van der Waals surface area contributed by atoms with Crippen LogP contribution < -0.4 is 5.73 Å². The van der Waals surface area contributed by atoms with Gasteiger partial charge in [0.2, 0.25) is 0 Å². The van der Waals surface area contributed by atoms with Crippen molar-refractivity contribution in [2.75, 3.05) is 6.61 Å². The smallest absolute Gasteiger partial charge is 0.311 e. The molecule has 0 amide bonds. The maximum atomic E-state index is 12.6. The first-order valence-electron chi connectivity index (χ1n) is 18.8. The highest BCUT2D eigenvalue weighted by molar-refractivity contribution is 5.80. The third kappa shape index (κ3) is 15.0. The number of ketones is 1. The molecule has 2 bridgehead atoms. The third-order valence-corrected chi connectivity index (χ3v) is 10.0. The lowest BCUT2D eigenvalue weighted by atomic mass is 9.82. The van der Waals surface area contributed by atoms with E-state index in [4.69, 9.17) is 24.7 Å². The first-order chi connectivity index (χ1) is 26.0. The molecule has 16 heteroatoms. The summed E-state index contributed by atoms with van der Waals surface area (Å²) in [6, 6.07) is -1.11. The van der Waals surface area contributed by atoms with Gasteiger partial charge in [0.05, 0.1) is 61.8 Å². The molecule has 16 nitrogen and oxygen atoms in total. The van der Waals surface area contributed by atoms with Crippen molar-refractivity contribution in [3.63, 3.8) is 0 Å². The first-order valence-corrected chi connectivity index (χ1v) is 18.8. The van der Waals surface area contributed by atoms with E-state index >= 15 is 0 Å². The fourth-order valence-electron chi connectivity index (χ4n) is 6.60. The predicted octanol–water partition coefficient (Wildman–Crippen LogP) is 0.451. The summed E-state index contributed by atoms with van der Waals surface area (Å²) in [5.74, 6) is -6.46. The SMILES string of the molecule is CCC(C)C1C/C=C/C=C/C=C/C=C/C=C/C(OC2OC[C@@H](O)[C@H](N)[C@@H]2O)CC2OC(O)(CC(O)C(O)CCC(=O)CC(O)CC(=O)O1)CC(O)C2C(=O)O. The fraction of sp³-hybridized carbons (Fsp3) is 0.667. The molecule has 2 fully saturated rings. The highest BCUT2D eigenvalue weighted by atomic mass is 16.7. The summed E-state index contributed by atoms with van der Waals surface area (Å²) in [5, 5.41) is 84.9. The minimum atomic E-state index is -2.33. The van der Waals surface area contributed by atoms with E-state index in [1.165, 1.54) is 6.08 Å². The van der Waals surface area contributed by atoms with Crippen molar-refractivity contribution in [3.8, 4) is 0 Å². The van der Waals surface area contributed by atoms with Gasteiger partial charge in [-0.05, 0) is 12.3 Å². The number of aliphatic hydroxyl groups is 7. The Morgan fingerprint density at radius 2 is 1.56 bits per heavy atom. The van der Waals surface area contributed by atoms with Gasteiger partial charge in [0.25, 0.3) is 0 Å². The zero-order chi connectivity index (χ0) is 40.7. The van der Waals surface area contributed by atoms with Gasteiger partial charge in [-0.3, -0.25) is 14.4 Å². The van der Waals surface area contributed by atoms with Gasteiger partial charge in [0.15, 0.2) is 12.1 Å². The summed E-state index contributed by atoms with van der Waals surface area (Å²) in [6.45, 7) is 3.67. The van der Waals surface area contributed by atoms with Crippen molar-refractivity contribution >= 4 is 17.7 Å². The number of cyclic esters (lactones) is 1. The summed E-state index contributed by atoms with van der Waals surface area (Å²) in [6.07, 6.45) is 2.14. The van der Waals surface area contributed by atoms with E-state index in [9.17, 15) is 55.2 Å². The van der Waals surface area contributed by atoms with E-state index in [0.29, 0.717) is 6.42 Å². The molecule has 0 aromatic rings. The topological polar surface area (TPSA) is 276 Å². The Bertz CT molecular complexity index is 1380. The summed E-state index contributed by atoms with van der Waals surface area (Å²) in [7, 11) is 0. The fourth-order valence-corrected chi connectivity index (χ4v) is 6.60. The van der Waals surface area contributed by atoms with Crippen LogP contribution in [0.3, 0.4) is 0 Å². The molecule has 3 heterocycles. The summed E-state index contributed by atoms with van der Waals surface area (Å²) < 4.78 is 22.9. The average molecular weight is 782 g/mol. The second kappa shape index (κ2) is 22.6. The minimum absolute atomic E-state index is 0.0308. The molecule has 0 saturated carbocycles. The molecule has 3 aliphatic heterocycles. The van der Waals surface area contributed by atoms with Crippen molar-refractivity contribution < 1.29 is 74.2 Å². The molecule has 2 saturated heterocycles. The van der Waals surface area contributed by atoms with Gasteiger partial charge >= 0.3 is 11.9 Å². The number of nitrogens with two attached hydrogens (primary N) is 1. The Morgan fingerprint density at radius 3 is 2.22 bits per heavy atom. The molecule has 3 rings (SSSR count). The average Bonchev–Trinajstić information content (AvgIpc) is 3.10. The summed E-state index contributed by atoms with van der Waals surface area (Å²) in [4.78, 5) is 37.6. The highest BCUT2D eigenvalue weighted by Gasteiger charge is 2.51. The molecular weight excluding hydrogens is 722 g/mol. The van der Waals surface area contributed by atoms with Crippen LogP contribution in [0.2, 0.25) is 0 Å². The molecule has 0 aromatic heterocycles. The maximum Gasteiger partial charge on any atom is 0.311 e. The lowest BCUT2D eigenvalue weighted by molar-refractivity contribution is -0.307. The summed E-state index contributed by atoms with van der Waals surface area (Å²) in [5.41, 5.74) is 5.90. The zero-order valence-electron chi connectivity index (χ0n) is 31.4. The van der Waals surface area contributed by atoms with Crippen LogP contribution >= 0.6 is 0 Å². The number of aliphatic carboxylic acids is 1. The maximum absolute atomic E-state index is 12.6. The number of fused-ring (bicyclic) bond motifs is 2. The van der Waals surface area contributed by atoms with Crippen LogP contribution in [-0.4, -0.2) is 138 Å². The molecule has 55 heavy (non-hydrogen) atoms. The number of Topliss-reactive ketones (excluding diaryl/α,β-unsaturated/α-hetero) is 1. The van der Waals surface area contributed by atoms with Crippen molar-refractivity contribution in [1.29, 1.82) is 0 Å². The highest BCUT2D eigenvalue weighted by Crippen LogP contribution is 2.38. The number of carboxylic acids is 1. The van der Waals surface area contributed by atoms with Crippen molar-refractivity contribution in [2.24, 2.45) is 17.6 Å². The number of rotatable bonds is 5. The second-order valence-electron chi connectivity index (χ2n) is 14.6. The Labute approximate surface area is 321 Å². The van der Waals surface area contributed by atoms with E-state index in [1.54, 1.807) is 48.6 Å². The Balaban J connectivity index is 1.89. The minimum Gasteiger partial charge on any atom is -0.481 e. The van der Waals surface area contributed by atoms with Crippen molar-refractivity contribution in [1.82, 2.24) is 0 Å². The van der Waals surface area contributed by atoms with E-state index in [2.05, 4.69) is 0 Å². The number of esters is 1. The van der Waals surface area contributed by atoms with Crippen LogP contribution in [0.15, 0.2) is 60.8 Å². The van der Waals surface area contributed by atoms with Gasteiger partial charge in [-0.25, -0.2) is 0 Å². The van der Waals surface area contributed by atoms with E-state index < -0.39 is 122 Å². The number of carbonyl (C=O) groups is 3. The monoisotopic (exact) mass is 781 g/mol. The molecule has 14 atom stereocenters. The number of allylic oxidation sites excluding steroid dienone is 8. The van der Waals surface area contributed by atoms with Crippen LogP contribution in [0.4, 0.5) is 0 Å². The lowest BCUT2D eigenvalue weighted by Gasteiger charge is -2.45. The lowest BCUT2D eigenvalue weighted by Crippen LogP contribution is -2.59. The molecule has 0 radical (unpaired) electrons. The Hall–Kier alpha value is -3.13. The third-order valence-electron chi connectivity index (χ3n) is 10.0. The van der Waals surface area contributed by atoms with Gasteiger partial charge < -0.3 is 65.5 Å². The van der Waals surface area contributed by atoms with Crippen LogP contribution in [-0.2, 0) is 33.3 Å². The normalized spacial score (nSPS) is 41.7. The Kier molecular flexibility index (Phi) is 19.0. The largest absolute Gasteiger partial charge is 0.481 e. The molecule has 3 aliphatic rings. The van der Waals surface area contributed by atoms with Gasteiger partial charge in [0, 0.05) is 38.5 Å². The molecular formula is C39H59NO15. The predicted molar refractivity (Wildman–Crippen MR) is 197 cm³/mol. The number of aliphatic hydroxyl groups excluding tert-OH is 6. The van der Waals surface area contributed by atoms with Gasteiger partial charge in [-0.15, -0.1) is 0 Å². The molecule has 0 spiro atoms. The molecule has 0 aromatic carbocycles. The van der Waals surface area contributed by atoms with E-state index in [-0.39, 0.29) is 31.8 Å². The Morgan fingerprint density at radius 1 is 0.927 bits per heavy atom. The molecule has 0 aliphatic carbocycles. The number of hydrogen-bond donors (Lipinski definition) is 9. The van der Waals surface area contributed by atoms with Crippen LogP contribution in [0, 0.1) is 11.8 Å². The summed E-state index contributed by atoms with van der Waals surface area (Å²) >= 11 is 0. The number of carbonyl (C=O) groups excluding carboxylic acids is 2. The molecule has 10 N–H and O–H groups in total.